The molecule has 0 unspecified atom stereocenters. The Balaban J connectivity index is 2.28. The second kappa shape index (κ2) is 8.62. The molecule has 0 saturated carbocycles. The van der Waals surface area contributed by atoms with Crippen molar-refractivity contribution in [2.75, 3.05) is 13.1 Å². The molecule has 1 heterocycles. The maximum absolute atomic E-state index is 12.9. The summed E-state index contributed by atoms with van der Waals surface area (Å²) in [4.78, 5) is 14.7. The lowest BCUT2D eigenvalue weighted by atomic mass is 10.1. The number of carbonyl (C=O) groups is 1. The number of phenolic OH excluding ortho intramolecular Hbond substituents is 1. The number of carbonyl (C=O) groups excluding carboxylic acids is 1. The number of amides is 1. The number of nitrogens with zero attached hydrogens (tertiary/aromatic N) is 3. The van der Waals surface area contributed by atoms with Gasteiger partial charge in [0.05, 0.1) is 11.7 Å². The van der Waals surface area contributed by atoms with Crippen LogP contribution in [0.5, 0.6) is 5.75 Å². The van der Waals surface area contributed by atoms with Gasteiger partial charge in [0.2, 0.25) is 0 Å². The van der Waals surface area contributed by atoms with E-state index in [0.717, 1.165) is 50.5 Å². The Morgan fingerprint density at radius 2 is 1.78 bits per heavy atom. The molecule has 0 spiro atoms. The number of aromatic hydroxyl groups is 1. The monoisotopic (exact) mass is 333 g/mol. The van der Waals surface area contributed by atoms with Crippen molar-refractivity contribution >= 4 is 17.6 Å². The van der Waals surface area contributed by atoms with Gasteiger partial charge in [-0.2, -0.15) is 8.75 Å². The molecule has 0 radical (unpaired) electrons. The molecule has 0 saturated heterocycles. The molecule has 0 bridgehead atoms. The van der Waals surface area contributed by atoms with Crippen molar-refractivity contribution in [3.8, 4) is 17.0 Å². The third-order valence-electron chi connectivity index (χ3n) is 3.70. The lowest BCUT2D eigenvalue weighted by Gasteiger charge is -2.21. The van der Waals surface area contributed by atoms with E-state index in [4.69, 9.17) is 0 Å². The van der Waals surface area contributed by atoms with E-state index in [0.29, 0.717) is 17.0 Å². The van der Waals surface area contributed by atoms with Crippen LogP contribution in [-0.4, -0.2) is 37.8 Å². The van der Waals surface area contributed by atoms with Crippen molar-refractivity contribution in [2.45, 2.75) is 39.5 Å². The van der Waals surface area contributed by atoms with Crippen LogP contribution in [0.1, 0.15) is 50.0 Å². The van der Waals surface area contributed by atoms with Crippen LogP contribution in [0.2, 0.25) is 0 Å². The van der Waals surface area contributed by atoms with E-state index in [-0.39, 0.29) is 11.7 Å². The summed E-state index contributed by atoms with van der Waals surface area (Å²) in [5.74, 6) is 0.0156. The molecule has 6 heteroatoms. The van der Waals surface area contributed by atoms with Crippen LogP contribution in [0.4, 0.5) is 0 Å². The lowest BCUT2D eigenvalue weighted by molar-refractivity contribution is 0.0747. The van der Waals surface area contributed by atoms with Crippen LogP contribution in [-0.2, 0) is 0 Å². The number of rotatable bonds is 8. The van der Waals surface area contributed by atoms with Crippen molar-refractivity contribution < 1.29 is 9.90 Å². The van der Waals surface area contributed by atoms with Crippen LogP contribution in [0.25, 0.3) is 11.3 Å². The molecule has 1 aromatic heterocycles. The van der Waals surface area contributed by atoms with Gasteiger partial charge in [-0.3, -0.25) is 4.79 Å². The van der Waals surface area contributed by atoms with Gasteiger partial charge in [-0.25, -0.2) is 0 Å². The second-order valence-corrected chi connectivity index (χ2v) is 6.01. The van der Waals surface area contributed by atoms with Crippen molar-refractivity contribution in [3.63, 3.8) is 0 Å². The minimum absolute atomic E-state index is 0.0982. The predicted molar refractivity (Wildman–Crippen MR) is 92.7 cm³/mol. The molecule has 23 heavy (non-hydrogen) atoms. The fourth-order valence-electron chi connectivity index (χ4n) is 2.34. The largest absolute Gasteiger partial charge is 0.507 e. The summed E-state index contributed by atoms with van der Waals surface area (Å²) in [5, 5.41) is 10.0. The number of unbranched alkanes of at least 4 members (excludes halogenated alkanes) is 2. The Kier molecular flexibility index (Phi) is 6.52. The first-order chi connectivity index (χ1) is 11.2. The molecular weight excluding hydrogens is 310 g/mol. The molecule has 5 nitrogen and oxygen atoms in total. The van der Waals surface area contributed by atoms with Gasteiger partial charge in [0.15, 0.2) is 5.69 Å². The van der Waals surface area contributed by atoms with Crippen molar-refractivity contribution in [1.82, 2.24) is 13.6 Å². The molecule has 0 fully saturated rings. The first kappa shape index (κ1) is 17.4. The summed E-state index contributed by atoms with van der Waals surface area (Å²) < 4.78 is 8.43. The Morgan fingerprint density at radius 1 is 1.13 bits per heavy atom. The van der Waals surface area contributed by atoms with Crippen LogP contribution in [0.15, 0.2) is 24.3 Å². The van der Waals surface area contributed by atoms with Gasteiger partial charge in [-0.15, -0.1) is 0 Å². The predicted octanol–water partition coefficient (Wildman–Crippen LogP) is 3.95. The van der Waals surface area contributed by atoms with Crippen LogP contribution in [0, 0.1) is 0 Å². The lowest BCUT2D eigenvalue weighted by Crippen LogP contribution is -2.33. The summed E-state index contributed by atoms with van der Waals surface area (Å²) in [6.07, 6.45) is 4.02. The molecule has 1 N–H and O–H groups in total. The zero-order valence-corrected chi connectivity index (χ0v) is 14.5. The Bertz CT molecular complexity index is 634. The highest BCUT2D eigenvalue weighted by atomic mass is 32.1. The Labute approximate surface area is 141 Å². The maximum Gasteiger partial charge on any atom is 0.275 e. The number of benzene rings is 1. The zero-order chi connectivity index (χ0) is 16.7. The third-order valence-corrected chi connectivity index (χ3v) is 4.23. The highest BCUT2D eigenvalue weighted by Gasteiger charge is 2.24. The minimum Gasteiger partial charge on any atom is -0.507 e. The third kappa shape index (κ3) is 4.28. The van der Waals surface area contributed by atoms with Gasteiger partial charge in [0.1, 0.15) is 11.4 Å². The summed E-state index contributed by atoms with van der Waals surface area (Å²) in [6.45, 7) is 5.68. The highest BCUT2D eigenvalue weighted by molar-refractivity contribution is 6.99. The molecule has 0 aliphatic carbocycles. The van der Waals surface area contributed by atoms with Gasteiger partial charge in [-0.05, 0) is 25.0 Å². The van der Waals surface area contributed by atoms with E-state index in [1.54, 1.807) is 18.2 Å². The normalized spacial score (nSPS) is 10.7. The molecule has 124 valence electrons. The van der Waals surface area contributed by atoms with Gasteiger partial charge >= 0.3 is 0 Å². The average Bonchev–Trinajstić information content (AvgIpc) is 3.04. The SMILES string of the molecule is CCCCN(CCCC)C(=O)c1nsnc1-c1ccccc1O. The smallest absolute Gasteiger partial charge is 0.275 e. The zero-order valence-electron chi connectivity index (χ0n) is 13.7. The number of hydrogen-bond acceptors (Lipinski definition) is 5. The van der Waals surface area contributed by atoms with Crippen molar-refractivity contribution in [3.05, 3.63) is 30.0 Å². The average molecular weight is 333 g/mol. The molecule has 0 atom stereocenters. The summed E-state index contributed by atoms with van der Waals surface area (Å²) in [7, 11) is 0. The molecule has 0 aliphatic rings. The van der Waals surface area contributed by atoms with E-state index in [9.17, 15) is 9.90 Å². The molecule has 1 aromatic carbocycles. The van der Waals surface area contributed by atoms with Gasteiger partial charge in [-0.1, -0.05) is 38.8 Å². The summed E-state index contributed by atoms with van der Waals surface area (Å²) >= 11 is 1.00. The maximum atomic E-state index is 12.9. The number of aromatic nitrogens is 2. The van der Waals surface area contributed by atoms with Crippen LogP contribution in [0.3, 0.4) is 0 Å². The molecular formula is C17H23N3O2S. The number of phenols is 1. The molecule has 2 aromatic rings. The van der Waals surface area contributed by atoms with E-state index in [2.05, 4.69) is 22.6 Å². The first-order valence-electron chi connectivity index (χ1n) is 8.09. The standard InChI is InChI=1S/C17H23N3O2S/c1-3-5-11-20(12-6-4-2)17(22)16-15(18-23-19-16)13-9-7-8-10-14(13)21/h7-10,21H,3-6,11-12H2,1-2H3. The topological polar surface area (TPSA) is 66.3 Å². The molecule has 2 rings (SSSR count). The summed E-state index contributed by atoms with van der Waals surface area (Å²) in [6, 6.07) is 6.91. The van der Waals surface area contributed by atoms with Crippen molar-refractivity contribution in [2.24, 2.45) is 0 Å². The van der Waals surface area contributed by atoms with E-state index in [1.807, 2.05) is 11.0 Å². The fraction of sp³-hybridized carbons (Fsp3) is 0.471. The van der Waals surface area contributed by atoms with Crippen molar-refractivity contribution in [1.29, 1.82) is 0 Å². The van der Waals surface area contributed by atoms with E-state index in [1.165, 1.54) is 0 Å². The molecule has 1 amide bonds. The van der Waals surface area contributed by atoms with Gasteiger partial charge in [0.25, 0.3) is 5.91 Å². The quantitative estimate of drug-likeness (QED) is 0.794. The summed E-state index contributed by atoms with van der Waals surface area (Å²) in [5.41, 5.74) is 1.36. The van der Waals surface area contributed by atoms with E-state index >= 15 is 0 Å². The highest BCUT2D eigenvalue weighted by Crippen LogP contribution is 2.30. The Morgan fingerprint density at radius 3 is 2.39 bits per heavy atom. The van der Waals surface area contributed by atoms with Gasteiger partial charge in [0, 0.05) is 18.7 Å². The van der Waals surface area contributed by atoms with Gasteiger partial charge < -0.3 is 10.0 Å². The van der Waals surface area contributed by atoms with Crippen LogP contribution < -0.4 is 0 Å². The molecule has 0 aliphatic heterocycles. The van der Waals surface area contributed by atoms with Crippen LogP contribution >= 0.6 is 11.7 Å². The second-order valence-electron chi connectivity index (χ2n) is 5.48. The number of hydrogen-bond donors (Lipinski definition) is 1. The number of para-hydroxylation sites is 1. The fourth-order valence-corrected chi connectivity index (χ4v) is 2.90. The Hall–Kier alpha value is -1.95. The first-order valence-corrected chi connectivity index (χ1v) is 8.82. The van der Waals surface area contributed by atoms with E-state index < -0.39 is 0 Å². The minimum atomic E-state index is -0.0982.